The summed E-state index contributed by atoms with van der Waals surface area (Å²) in [6.07, 6.45) is 1.07. The van der Waals surface area contributed by atoms with Crippen LogP contribution in [0.4, 0.5) is 0 Å². The molecule has 4 aromatic carbocycles. The Bertz CT molecular complexity index is 1870. The van der Waals surface area contributed by atoms with Gasteiger partial charge in [-0.2, -0.15) is 8.75 Å². The second-order valence-corrected chi connectivity index (χ2v) is 10.4. The highest BCUT2D eigenvalue weighted by Crippen LogP contribution is 2.47. The Morgan fingerprint density at radius 1 is 0.864 bits per heavy atom. The number of hydrogen-bond donors (Lipinski definition) is 1. The van der Waals surface area contributed by atoms with Crippen molar-refractivity contribution >= 4 is 40.6 Å². The van der Waals surface area contributed by atoms with E-state index in [0.717, 1.165) is 34.8 Å². The first-order chi connectivity index (χ1) is 21.4. The molecule has 5 aromatic rings. The zero-order valence-electron chi connectivity index (χ0n) is 23.7. The van der Waals surface area contributed by atoms with E-state index in [2.05, 4.69) is 8.75 Å². The average molecular weight is 611 g/mol. The molecule has 44 heavy (non-hydrogen) atoms. The van der Waals surface area contributed by atoms with Gasteiger partial charge in [0, 0.05) is 23.1 Å². The molecule has 0 aliphatic carbocycles. The summed E-state index contributed by atoms with van der Waals surface area (Å²) in [5, 5.41) is 11.8. The number of carbonyl (C=O) groups excluding carboxylic acids is 2. The first-order valence-corrected chi connectivity index (χ1v) is 14.2. The molecule has 1 aromatic heterocycles. The largest absolute Gasteiger partial charge is 0.497 e. The lowest BCUT2D eigenvalue weighted by atomic mass is 9.88. The Labute approximate surface area is 256 Å². The molecule has 3 heterocycles. The molecule has 10 nitrogen and oxygen atoms in total. The van der Waals surface area contributed by atoms with Crippen LogP contribution in [0.3, 0.4) is 0 Å². The van der Waals surface area contributed by atoms with Gasteiger partial charge in [-0.05, 0) is 77.9 Å². The molecule has 0 saturated carbocycles. The van der Waals surface area contributed by atoms with Crippen LogP contribution in [0.25, 0.3) is 16.6 Å². The van der Waals surface area contributed by atoms with Crippen molar-refractivity contribution in [3.8, 4) is 23.0 Å². The summed E-state index contributed by atoms with van der Waals surface area (Å²) >= 11 is 1.10. The van der Waals surface area contributed by atoms with Gasteiger partial charge in [0.25, 0.3) is 5.79 Å². The number of methoxy groups -OCH3 is 2. The van der Waals surface area contributed by atoms with E-state index in [-0.39, 0.29) is 13.2 Å². The highest BCUT2D eigenvalue weighted by molar-refractivity contribution is 7.00. The molecule has 2 aliphatic heterocycles. The SMILES string of the molecule is COc1ccc(C=O)cc1.COc1ccc(CC2=C(c3ccc4nsnc4c3)C(=O)OC2(O)c2ccc3c(c2)OCO3)cc1. The third-order valence-corrected chi connectivity index (χ3v) is 7.81. The highest BCUT2D eigenvalue weighted by atomic mass is 32.1. The molecule has 0 saturated heterocycles. The molecule has 0 bridgehead atoms. The van der Waals surface area contributed by atoms with Crippen molar-refractivity contribution in [2.24, 2.45) is 0 Å². The summed E-state index contributed by atoms with van der Waals surface area (Å²) in [5.41, 5.74) is 4.65. The molecule has 2 aliphatic rings. The van der Waals surface area contributed by atoms with E-state index in [1.807, 2.05) is 24.3 Å². The number of aliphatic hydroxyl groups is 1. The van der Waals surface area contributed by atoms with Gasteiger partial charge >= 0.3 is 5.97 Å². The summed E-state index contributed by atoms with van der Waals surface area (Å²) in [7, 11) is 3.19. The lowest BCUT2D eigenvalue weighted by Gasteiger charge is -2.26. The summed E-state index contributed by atoms with van der Waals surface area (Å²) in [4.78, 5) is 23.4. The number of benzene rings is 4. The summed E-state index contributed by atoms with van der Waals surface area (Å²) in [6, 6.07) is 24.8. The van der Waals surface area contributed by atoms with Gasteiger partial charge in [-0.15, -0.1) is 0 Å². The monoisotopic (exact) mass is 610 g/mol. The number of fused-ring (bicyclic) bond motifs is 2. The van der Waals surface area contributed by atoms with Crippen LogP contribution in [0.1, 0.15) is 27.0 Å². The smallest absolute Gasteiger partial charge is 0.342 e. The fraction of sp³-hybridized carbons (Fsp3) is 0.152. The van der Waals surface area contributed by atoms with Crippen LogP contribution in [0, 0.1) is 0 Å². The maximum absolute atomic E-state index is 13.2. The van der Waals surface area contributed by atoms with Crippen molar-refractivity contribution < 1.29 is 38.4 Å². The number of aldehydes is 1. The van der Waals surface area contributed by atoms with Crippen molar-refractivity contribution in [1.82, 2.24) is 8.75 Å². The van der Waals surface area contributed by atoms with Crippen molar-refractivity contribution in [3.05, 3.63) is 113 Å². The molecule has 1 unspecified atom stereocenters. The highest BCUT2D eigenvalue weighted by Gasteiger charge is 2.48. The first-order valence-electron chi connectivity index (χ1n) is 13.5. The molecular formula is C33H26N2O8S. The number of rotatable bonds is 7. The van der Waals surface area contributed by atoms with Crippen LogP contribution in [0.15, 0.2) is 90.5 Å². The molecule has 0 fully saturated rings. The second-order valence-electron chi connectivity index (χ2n) is 9.84. The van der Waals surface area contributed by atoms with Crippen molar-refractivity contribution in [1.29, 1.82) is 0 Å². The molecule has 7 rings (SSSR count). The van der Waals surface area contributed by atoms with Crippen molar-refractivity contribution in [2.75, 3.05) is 21.0 Å². The molecule has 0 radical (unpaired) electrons. The fourth-order valence-corrected chi connectivity index (χ4v) is 5.47. The van der Waals surface area contributed by atoms with Gasteiger partial charge in [-0.3, -0.25) is 4.79 Å². The van der Waals surface area contributed by atoms with E-state index in [0.29, 0.717) is 50.6 Å². The molecule has 0 spiro atoms. The third-order valence-electron chi connectivity index (χ3n) is 7.25. The Morgan fingerprint density at radius 3 is 2.25 bits per heavy atom. The number of hydrogen-bond acceptors (Lipinski definition) is 11. The lowest BCUT2D eigenvalue weighted by molar-refractivity contribution is -0.185. The van der Waals surface area contributed by atoms with Gasteiger partial charge in [-0.25, -0.2) is 4.79 Å². The van der Waals surface area contributed by atoms with Crippen molar-refractivity contribution in [2.45, 2.75) is 12.2 Å². The topological polar surface area (TPSA) is 126 Å². The molecular weight excluding hydrogens is 584 g/mol. The number of carbonyl (C=O) groups is 2. The number of aromatic nitrogens is 2. The van der Waals surface area contributed by atoms with Crippen LogP contribution >= 0.6 is 11.7 Å². The van der Waals surface area contributed by atoms with E-state index < -0.39 is 11.8 Å². The van der Waals surface area contributed by atoms with Gasteiger partial charge in [0.15, 0.2) is 11.5 Å². The minimum Gasteiger partial charge on any atom is -0.497 e. The Kier molecular flexibility index (Phi) is 7.97. The summed E-state index contributed by atoms with van der Waals surface area (Å²) in [5.74, 6) is -0.0721. The zero-order chi connectivity index (χ0) is 30.7. The van der Waals surface area contributed by atoms with E-state index in [1.165, 1.54) is 0 Å². The van der Waals surface area contributed by atoms with Gasteiger partial charge in [-0.1, -0.05) is 18.2 Å². The average Bonchev–Trinajstić information content (AvgIpc) is 3.79. The number of ether oxygens (including phenoxy) is 5. The predicted molar refractivity (Wildman–Crippen MR) is 162 cm³/mol. The van der Waals surface area contributed by atoms with Crippen molar-refractivity contribution in [3.63, 3.8) is 0 Å². The number of esters is 1. The van der Waals surface area contributed by atoms with Crippen LogP contribution in [-0.4, -0.2) is 47.1 Å². The normalized spacial score (nSPS) is 16.8. The van der Waals surface area contributed by atoms with Gasteiger partial charge in [0.1, 0.15) is 28.8 Å². The molecule has 0 amide bonds. The van der Waals surface area contributed by atoms with E-state index in [1.54, 1.807) is 74.9 Å². The van der Waals surface area contributed by atoms with Gasteiger partial charge < -0.3 is 28.8 Å². The fourth-order valence-electron chi connectivity index (χ4n) is 4.95. The van der Waals surface area contributed by atoms with Crippen LogP contribution in [-0.2, 0) is 21.7 Å². The van der Waals surface area contributed by atoms with Crippen LogP contribution in [0.2, 0.25) is 0 Å². The van der Waals surface area contributed by atoms with Crippen LogP contribution < -0.4 is 18.9 Å². The molecule has 222 valence electrons. The minimum atomic E-state index is -1.98. The summed E-state index contributed by atoms with van der Waals surface area (Å²) in [6.45, 7) is 0.0957. The Balaban J connectivity index is 0.000000294. The first kappa shape index (κ1) is 28.8. The third kappa shape index (κ3) is 5.58. The van der Waals surface area contributed by atoms with Gasteiger partial charge in [0.05, 0.1) is 31.5 Å². The standard InChI is InChI=1S/C25H18N2O6S.C8H8O2/c1-30-17-6-2-14(3-7-17)10-18-23(15-4-8-19-20(11-15)27-34-26-19)24(28)33-25(18,29)16-5-9-21-22(12-16)32-13-31-21;1-10-8-4-2-7(6-9)3-5-8/h2-9,11-12,29H,10,13H2,1H3;2-6H,1H3. The number of cyclic esters (lactones) is 1. The quantitative estimate of drug-likeness (QED) is 0.191. The minimum absolute atomic E-state index is 0.0957. The maximum Gasteiger partial charge on any atom is 0.342 e. The predicted octanol–water partition coefficient (Wildman–Crippen LogP) is 5.33. The van der Waals surface area contributed by atoms with E-state index in [9.17, 15) is 14.7 Å². The molecule has 1 atom stereocenters. The lowest BCUT2D eigenvalue weighted by Crippen LogP contribution is -2.29. The summed E-state index contributed by atoms with van der Waals surface area (Å²) < 4.78 is 35.2. The Hall–Kier alpha value is -5.26. The Morgan fingerprint density at radius 2 is 1.55 bits per heavy atom. The maximum atomic E-state index is 13.2. The van der Waals surface area contributed by atoms with Gasteiger partial charge in [0.2, 0.25) is 6.79 Å². The zero-order valence-corrected chi connectivity index (χ0v) is 24.5. The van der Waals surface area contributed by atoms with E-state index >= 15 is 0 Å². The number of nitrogens with zero attached hydrogens (tertiary/aromatic N) is 2. The molecule has 1 N–H and O–H groups in total. The second kappa shape index (κ2) is 12.2. The van der Waals surface area contributed by atoms with Crippen LogP contribution in [0.5, 0.6) is 23.0 Å². The molecule has 11 heteroatoms. The van der Waals surface area contributed by atoms with E-state index in [4.69, 9.17) is 23.7 Å².